The van der Waals surface area contributed by atoms with Crippen molar-refractivity contribution in [1.29, 1.82) is 5.26 Å². The molecular weight excluding hydrogens is 256 g/mol. The first-order valence-electron chi connectivity index (χ1n) is 7.63. The summed E-state index contributed by atoms with van der Waals surface area (Å²) >= 11 is 0. The molecular formula is C19H22N2. The van der Waals surface area contributed by atoms with Crippen LogP contribution in [0.4, 0.5) is 11.4 Å². The number of hydrogen-bond acceptors (Lipinski definition) is 2. The highest BCUT2D eigenvalue weighted by atomic mass is 15.2. The van der Waals surface area contributed by atoms with E-state index in [1.807, 2.05) is 12.1 Å². The monoisotopic (exact) mass is 278 g/mol. The third-order valence-corrected chi connectivity index (χ3v) is 3.73. The Hall–Kier alpha value is -2.27. The predicted octanol–water partition coefficient (Wildman–Crippen LogP) is 5.30. The minimum absolute atomic E-state index is 0.420. The summed E-state index contributed by atoms with van der Waals surface area (Å²) in [6, 6.07) is 23.7. The number of para-hydroxylation sites is 2. The van der Waals surface area contributed by atoms with E-state index in [1.54, 1.807) is 0 Å². The van der Waals surface area contributed by atoms with Crippen molar-refractivity contribution in [1.82, 2.24) is 0 Å². The molecule has 1 atom stereocenters. The highest BCUT2D eigenvalue weighted by Crippen LogP contribution is 2.30. The molecule has 2 rings (SSSR count). The first-order valence-corrected chi connectivity index (χ1v) is 7.63. The topological polar surface area (TPSA) is 27.0 Å². The van der Waals surface area contributed by atoms with Crippen LogP contribution in [-0.4, -0.2) is 6.04 Å². The molecule has 2 aromatic carbocycles. The minimum Gasteiger partial charge on any atom is -0.338 e. The van der Waals surface area contributed by atoms with Gasteiger partial charge in [-0.05, 0) is 43.5 Å². The highest BCUT2D eigenvalue weighted by molar-refractivity contribution is 5.63. The van der Waals surface area contributed by atoms with Gasteiger partial charge in [-0.3, -0.25) is 0 Å². The van der Waals surface area contributed by atoms with Crippen LogP contribution in [0.25, 0.3) is 0 Å². The molecule has 2 aromatic rings. The van der Waals surface area contributed by atoms with Gasteiger partial charge in [0.1, 0.15) is 0 Å². The van der Waals surface area contributed by atoms with Gasteiger partial charge in [0.05, 0.1) is 6.07 Å². The summed E-state index contributed by atoms with van der Waals surface area (Å²) in [5.41, 5.74) is 2.43. The lowest BCUT2D eigenvalue weighted by molar-refractivity contribution is 0.561. The van der Waals surface area contributed by atoms with Crippen molar-refractivity contribution in [3.05, 3.63) is 60.7 Å². The van der Waals surface area contributed by atoms with E-state index in [0.29, 0.717) is 12.5 Å². The lowest BCUT2D eigenvalue weighted by Crippen LogP contribution is -2.30. The quantitative estimate of drug-likeness (QED) is 0.643. The van der Waals surface area contributed by atoms with Gasteiger partial charge in [-0.15, -0.1) is 0 Å². The molecule has 0 aliphatic rings. The maximum Gasteiger partial charge on any atom is 0.0621 e. The van der Waals surface area contributed by atoms with Gasteiger partial charge in [0.2, 0.25) is 0 Å². The van der Waals surface area contributed by atoms with Crippen LogP contribution in [0.15, 0.2) is 60.7 Å². The molecule has 2 nitrogen and oxygen atoms in total. The molecule has 0 aliphatic heterocycles. The van der Waals surface area contributed by atoms with Gasteiger partial charge in [-0.1, -0.05) is 43.3 Å². The zero-order valence-electron chi connectivity index (χ0n) is 12.6. The number of anilines is 2. The van der Waals surface area contributed by atoms with Gasteiger partial charge in [-0.2, -0.15) is 5.26 Å². The predicted molar refractivity (Wildman–Crippen MR) is 88.6 cm³/mol. The van der Waals surface area contributed by atoms with Gasteiger partial charge in [0.15, 0.2) is 0 Å². The Bertz CT molecular complexity index is 518. The average molecular weight is 278 g/mol. The number of rotatable bonds is 7. The molecule has 0 bridgehead atoms. The third-order valence-electron chi connectivity index (χ3n) is 3.73. The van der Waals surface area contributed by atoms with Gasteiger partial charge in [-0.25, -0.2) is 0 Å². The van der Waals surface area contributed by atoms with E-state index in [2.05, 4.69) is 66.4 Å². The van der Waals surface area contributed by atoms with Crippen LogP contribution in [0.5, 0.6) is 0 Å². The van der Waals surface area contributed by atoms with Gasteiger partial charge in [0.25, 0.3) is 0 Å². The number of benzene rings is 2. The van der Waals surface area contributed by atoms with Crippen molar-refractivity contribution < 1.29 is 0 Å². The summed E-state index contributed by atoms with van der Waals surface area (Å²) < 4.78 is 0. The normalized spacial score (nSPS) is 11.6. The van der Waals surface area contributed by atoms with E-state index in [1.165, 1.54) is 11.4 Å². The van der Waals surface area contributed by atoms with Crippen molar-refractivity contribution in [2.24, 2.45) is 0 Å². The number of nitrogens with zero attached hydrogens (tertiary/aromatic N) is 2. The zero-order chi connectivity index (χ0) is 14.9. The molecule has 0 fully saturated rings. The second kappa shape index (κ2) is 8.11. The fourth-order valence-electron chi connectivity index (χ4n) is 2.68. The first kappa shape index (κ1) is 15.1. The number of nitriles is 1. The molecule has 0 spiro atoms. The fourth-order valence-corrected chi connectivity index (χ4v) is 2.68. The number of hydrogen-bond donors (Lipinski definition) is 0. The van der Waals surface area contributed by atoms with Crippen LogP contribution in [-0.2, 0) is 0 Å². The first-order chi connectivity index (χ1) is 10.4. The van der Waals surface area contributed by atoms with E-state index in [0.717, 1.165) is 19.3 Å². The third kappa shape index (κ3) is 4.10. The lowest BCUT2D eigenvalue weighted by Gasteiger charge is -2.33. The molecule has 0 aromatic heterocycles. The van der Waals surface area contributed by atoms with E-state index < -0.39 is 0 Å². The van der Waals surface area contributed by atoms with Crippen molar-refractivity contribution in [2.75, 3.05) is 4.90 Å². The van der Waals surface area contributed by atoms with E-state index >= 15 is 0 Å². The molecule has 0 amide bonds. The molecule has 1 unspecified atom stereocenters. The summed E-state index contributed by atoms with van der Waals surface area (Å²) in [6.45, 7) is 2.22. The second-order valence-corrected chi connectivity index (χ2v) is 5.15. The molecule has 0 radical (unpaired) electrons. The summed E-state index contributed by atoms with van der Waals surface area (Å²) in [4.78, 5) is 2.40. The van der Waals surface area contributed by atoms with Gasteiger partial charge in [0, 0.05) is 23.8 Å². The summed E-state index contributed by atoms with van der Waals surface area (Å²) in [7, 11) is 0. The molecule has 0 aliphatic carbocycles. The molecule has 108 valence electrons. The molecule has 0 saturated carbocycles. The van der Waals surface area contributed by atoms with E-state index in [-0.39, 0.29) is 0 Å². The van der Waals surface area contributed by atoms with E-state index in [4.69, 9.17) is 5.26 Å². The van der Waals surface area contributed by atoms with Crippen molar-refractivity contribution in [3.63, 3.8) is 0 Å². The second-order valence-electron chi connectivity index (χ2n) is 5.15. The lowest BCUT2D eigenvalue weighted by atomic mass is 10.0. The van der Waals surface area contributed by atoms with Gasteiger partial charge >= 0.3 is 0 Å². The van der Waals surface area contributed by atoms with Crippen LogP contribution in [0.3, 0.4) is 0 Å². The molecule has 0 heterocycles. The van der Waals surface area contributed by atoms with Crippen LogP contribution in [0.1, 0.15) is 32.6 Å². The summed E-state index contributed by atoms with van der Waals surface area (Å²) in [5, 5.41) is 8.76. The minimum atomic E-state index is 0.420. The average Bonchev–Trinajstić information content (AvgIpc) is 2.56. The highest BCUT2D eigenvalue weighted by Gasteiger charge is 2.18. The number of unbranched alkanes of at least 4 members (excludes halogenated alkanes) is 1. The molecule has 0 saturated heterocycles. The summed E-state index contributed by atoms with van der Waals surface area (Å²) in [6.07, 6.45) is 3.68. The summed E-state index contributed by atoms with van der Waals surface area (Å²) in [5.74, 6) is 0. The van der Waals surface area contributed by atoms with E-state index in [9.17, 15) is 0 Å². The van der Waals surface area contributed by atoms with Gasteiger partial charge < -0.3 is 4.90 Å². The van der Waals surface area contributed by atoms with Crippen LogP contribution < -0.4 is 4.90 Å². The zero-order valence-corrected chi connectivity index (χ0v) is 12.6. The van der Waals surface area contributed by atoms with Crippen LogP contribution in [0, 0.1) is 11.3 Å². The van der Waals surface area contributed by atoms with Crippen LogP contribution in [0.2, 0.25) is 0 Å². The van der Waals surface area contributed by atoms with Crippen LogP contribution >= 0.6 is 0 Å². The SMILES string of the molecule is CCC(CCCC#N)N(c1ccccc1)c1ccccc1. The fraction of sp³-hybridized carbons (Fsp3) is 0.316. The standard InChI is InChI=1S/C19H22N2/c1-2-17(11-9-10-16-20)21(18-12-5-3-6-13-18)19-14-7-4-8-15-19/h3-8,12-15,17H,2,9-11H2,1H3. The van der Waals surface area contributed by atoms with Crippen molar-refractivity contribution in [2.45, 2.75) is 38.6 Å². The Morgan fingerprint density at radius 3 is 1.90 bits per heavy atom. The molecule has 0 N–H and O–H groups in total. The Morgan fingerprint density at radius 2 is 1.48 bits per heavy atom. The molecule has 2 heteroatoms. The van der Waals surface area contributed by atoms with Crippen molar-refractivity contribution >= 4 is 11.4 Å². The molecule has 21 heavy (non-hydrogen) atoms. The largest absolute Gasteiger partial charge is 0.338 e. The Morgan fingerprint density at radius 1 is 0.952 bits per heavy atom. The maximum atomic E-state index is 8.76. The Kier molecular flexibility index (Phi) is 5.84. The Labute approximate surface area is 127 Å². The van der Waals surface area contributed by atoms with Crippen molar-refractivity contribution in [3.8, 4) is 6.07 Å². The maximum absolute atomic E-state index is 8.76. The Balaban J connectivity index is 2.29. The smallest absolute Gasteiger partial charge is 0.0621 e.